The van der Waals surface area contributed by atoms with Crippen molar-refractivity contribution in [2.24, 2.45) is 0 Å². The third-order valence-corrected chi connectivity index (χ3v) is 3.37. The summed E-state index contributed by atoms with van der Waals surface area (Å²) in [6.07, 6.45) is 6.88. The fourth-order valence-corrected chi connectivity index (χ4v) is 2.37. The summed E-state index contributed by atoms with van der Waals surface area (Å²) in [5, 5.41) is 3.78. The summed E-state index contributed by atoms with van der Waals surface area (Å²) in [7, 11) is 1.89. The van der Waals surface area contributed by atoms with Gasteiger partial charge >= 0.3 is 0 Å². The molecule has 3 aromatic heterocycles. The maximum Gasteiger partial charge on any atom is 0.239 e. The number of carbonyl (C=O) groups excluding carboxylic acids is 1. The van der Waals surface area contributed by atoms with E-state index >= 15 is 0 Å². The van der Waals surface area contributed by atoms with Crippen molar-refractivity contribution in [3.63, 3.8) is 0 Å². The number of fused-ring (bicyclic) bond motifs is 1. The van der Waals surface area contributed by atoms with E-state index in [1.54, 1.807) is 24.8 Å². The largest absolute Gasteiger partial charge is 0.308 e. The summed E-state index contributed by atoms with van der Waals surface area (Å²) in [6.45, 7) is 0.919. The summed E-state index contributed by atoms with van der Waals surface area (Å²) < 4.78 is 0. The fraction of sp³-hybridized carbons (Fsp3) is 0.176. The van der Waals surface area contributed by atoms with E-state index in [0.717, 1.165) is 10.9 Å². The zero-order chi connectivity index (χ0) is 16.1. The smallest absolute Gasteiger partial charge is 0.239 e. The van der Waals surface area contributed by atoms with Gasteiger partial charge in [0.25, 0.3) is 0 Å². The topological polar surface area (TPSA) is 71.0 Å². The fourth-order valence-electron chi connectivity index (χ4n) is 2.37. The van der Waals surface area contributed by atoms with Crippen LogP contribution < -0.4 is 5.32 Å². The number of rotatable bonds is 5. The molecule has 3 aromatic rings. The average Bonchev–Trinajstić information content (AvgIpc) is 2.56. The molecule has 0 aliphatic heterocycles. The van der Waals surface area contributed by atoms with Crippen LogP contribution in [0.15, 0.2) is 55.1 Å². The van der Waals surface area contributed by atoms with Gasteiger partial charge < -0.3 is 5.32 Å². The van der Waals surface area contributed by atoms with Gasteiger partial charge in [-0.3, -0.25) is 19.7 Å². The number of anilines is 1. The molecule has 0 saturated carbocycles. The molecule has 0 aromatic carbocycles. The lowest BCUT2D eigenvalue weighted by molar-refractivity contribution is -0.117. The van der Waals surface area contributed by atoms with Gasteiger partial charge in [0.1, 0.15) is 5.52 Å². The number of hydrogen-bond acceptors (Lipinski definition) is 5. The molecule has 0 aliphatic carbocycles. The minimum Gasteiger partial charge on any atom is -0.308 e. The zero-order valence-electron chi connectivity index (χ0n) is 12.8. The normalized spacial score (nSPS) is 10.9. The van der Waals surface area contributed by atoms with Crippen LogP contribution in [0.25, 0.3) is 10.9 Å². The number of nitrogens with one attached hydrogen (secondary N) is 1. The Kier molecular flexibility index (Phi) is 4.54. The van der Waals surface area contributed by atoms with Crippen LogP contribution in [0.5, 0.6) is 0 Å². The first-order valence-corrected chi connectivity index (χ1v) is 7.29. The van der Waals surface area contributed by atoms with E-state index in [1.165, 1.54) is 0 Å². The van der Waals surface area contributed by atoms with E-state index in [0.29, 0.717) is 17.9 Å². The standard InChI is InChI=1S/C17H17N5O/c1-22(11-13-4-2-7-18-10-13)12-15(23)21-17-16-14(6-9-20-17)5-3-8-19-16/h2-10H,11-12H2,1H3,(H,20,21,23). The van der Waals surface area contributed by atoms with E-state index in [9.17, 15) is 4.79 Å². The molecule has 0 radical (unpaired) electrons. The molecule has 0 atom stereocenters. The highest BCUT2D eigenvalue weighted by Gasteiger charge is 2.10. The van der Waals surface area contributed by atoms with Crippen molar-refractivity contribution < 1.29 is 4.79 Å². The summed E-state index contributed by atoms with van der Waals surface area (Å²) in [5.41, 5.74) is 1.76. The van der Waals surface area contributed by atoms with Gasteiger partial charge in [-0.05, 0) is 30.8 Å². The van der Waals surface area contributed by atoms with Crippen LogP contribution in [0.4, 0.5) is 5.82 Å². The van der Waals surface area contributed by atoms with Crippen LogP contribution in [-0.4, -0.2) is 39.4 Å². The molecule has 3 rings (SSSR count). The summed E-state index contributed by atoms with van der Waals surface area (Å²) >= 11 is 0. The maximum atomic E-state index is 12.2. The quantitative estimate of drug-likeness (QED) is 0.781. The third kappa shape index (κ3) is 3.87. The van der Waals surface area contributed by atoms with Crippen LogP contribution in [0, 0.1) is 0 Å². The molecule has 0 aliphatic rings. The summed E-state index contributed by atoms with van der Waals surface area (Å²) in [5.74, 6) is 0.366. The lowest BCUT2D eigenvalue weighted by Gasteiger charge is -2.16. The molecule has 1 amide bonds. The molecule has 23 heavy (non-hydrogen) atoms. The van der Waals surface area contributed by atoms with Crippen LogP contribution in [-0.2, 0) is 11.3 Å². The second-order valence-corrected chi connectivity index (χ2v) is 5.32. The Morgan fingerprint density at radius 1 is 1.13 bits per heavy atom. The molecule has 6 nitrogen and oxygen atoms in total. The molecule has 0 fully saturated rings. The van der Waals surface area contributed by atoms with Crippen molar-refractivity contribution in [3.05, 3.63) is 60.7 Å². The molecule has 0 bridgehead atoms. The number of amides is 1. The molecular weight excluding hydrogens is 290 g/mol. The first-order valence-electron chi connectivity index (χ1n) is 7.29. The van der Waals surface area contributed by atoms with Gasteiger partial charge in [0.05, 0.1) is 6.54 Å². The van der Waals surface area contributed by atoms with E-state index in [1.807, 2.05) is 42.3 Å². The highest BCUT2D eigenvalue weighted by atomic mass is 16.2. The van der Waals surface area contributed by atoms with Crippen LogP contribution >= 0.6 is 0 Å². The van der Waals surface area contributed by atoms with Crippen molar-refractivity contribution in [2.75, 3.05) is 18.9 Å². The molecule has 116 valence electrons. The van der Waals surface area contributed by atoms with Crippen LogP contribution in [0.1, 0.15) is 5.56 Å². The lowest BCUT2D eigenvalue weighted by atomic mass is 10.2. The van der Waals surface area contributed by atoms with E-state index in [-0.39, 0.29) is 12.5 Å². The van der Waals surface area contributed by atoms with Gasteiger partial charge in [0, 0.05) is 36.7 Å². The number of carbonyl (C=O) groups is 1. The summed E-state index contributed by atoms with van der Waals surface area (Å²) in [4.78, 5) is 26.7. The monoisotopic (exact) mass is 307 g/mol. The molecule has 6 heteroatoms. The number of pyridine rings is 3. The highest BCUT2D eigenvalue weighted by molar-refractivity contribution is 5.99. The molecule has 3 heterocycles. The Balaban J connectivity index is 1.64. The minimum atomic E-state index is -0.123. The number of aromatic nitrogens is 3. The molecule has 0 saturated heterocycles. The van der Waals surface area contributed by atoms with Crippen molar-refractivity contribution in [3.8, 4) is 0 Å². The predicted octanol–water partition coefficient (Wildman–Crippen LogP) is 2.10. The Hall–Kier alpha value is -2.86. The maximum absolute atomic E-state index is 12.2. The van der Waals surface area contributed by atoms with Gasteiger partial charge in [-0.25, -0.2) is 4.98 Å². The SMILES string of the molecule is CN(CC(=O)Nc1nccc2cccnc12)Cc1cccnc1. The van der Waals surface area contributed by atoms with Crippen molar-refractivity contribution in [1.82, 2.24) is 19.9 Å². The van der Waals surface area contributed by atoms with Gasteiger partial charge in [0.15, 0.2) is 5.82 Å². The second kappa shape index (κ2) is 6.93. The van der Waals surface area contributed by atoms with Gasteiger partial charge in [-0.15, -0.1) is 0 Å². The summed E-state index contributed by atoms with van der Waals surface area (Å²) in [6, 6.07) is 9.53. The van der Waals surface area contributed by atoms with Crippen LogP contribution in [0.3, 0.4) is 0 Å². The van der Waals surface area contributed by atoms with E-state index in [4.69, 9.17) is 0 Å². The van der Waals surface area contributed by atoms with E-state index < -0.39 is 0 Å². The Labute approximate surface area is 134 Å². The molecule has 1 N–H and O–H groups in total. The first kappa shape index (κ1) is 15.1. The lowest BCUT2D eigenvalue weighted by Crippen LogP contribution is -2.30. The zero-order valence-corrected chi connectivity index (χ0v) is 12.8. The van der Waals surface area contributed by atoms with Gasteiger partial charge in [-0.1, -0.05) is 12.1 Å². The van der Waals surface area contributed by atoms with E-state index in [2.05, 4.69) is 20.3 Å². The Bertz CT molecular complexity index is 801. The van der Waals surface area contributed by atoms with Gasteiger partial charge in [-0.2, -0.15) is 0 Å². The Morgan fingerprint density at radius 3 is 2.83 bits per heavy atom. The van der Waals surface area contributed by atoms with Crippen molar-refractivity contribution >= 4 is 22.6 Å². The molecule has 0 unspecified atom stereocenters. The van der Waals surface area contributed by atoms with Crippen LogP contribution in [0.2, 0.25) is 0 Å². The average molecular weight is 307 g/mol. The van der Waals surface area contributed by atoms with Gasteiger partial charge in [0.2, 0.25) is 5.91 Å². The number of likely N-dealkylation sites (N-methyl/N-ethyl adjacent to an activating group) is 1. The number of hydrogen-bond donors (Lipinski definition) is 1. The number of nitrogens with zero attached hydrogens (tertiary/aromatic N) is 4. The first-order chi connectivity index (χ1) is 11.2. The second-order valence-electron chi connectivity index (χ2n) is 5.32. The highest BCUT2D eigenvalue weighted by Crippen LogP contribution is 2.17. The minimum absolute atomic E-state index is 0.123. The molecular formula is C17H17N5O. The van der Waals surface area contributed by atoms with Crippen molar-refractivity contribution in [1.29, 1.82) is 0 Å². The predicted molar refractivity (Wildman–Crippen MR) is 88.7 cm³/mol. The third-order valence-electron chi connectivity index (χ3n) is 3.37. The van der Waals surface area contributed by atoms with Crippen molar-refractivity contribution in [2.45, 2.75) is 6.54 Å². The molecule has 0 spiro atoms. The Morgan fingerprint density at radius 2 is 2.00 bits per heavy atom.